The van der Waals surface area contributed by atoms with Crippen LogP contribution in [0.4, 0.5) is 5.69 Å². The molecule has 0 atom stereocenters. The van der Waals surface area contributed by atoms with Crippen molar-refractivity contribution < 1.29 is 4.92 Å². The molecule has 20 heavy (non-hydrogen) atoms. The highest BCUT2D eigenvalue weighted by molar-refractivity contribution is 6.30. The summed E-state index contributed by atoms with van der Waals surface area (Å²) in [5.41, 5.74) is 1.15. The summed E-state index contributed by atoms with van der Waals surface area (Å²) in [6.07, 6.45) is 1.69. The summed E-state index contributed by atoms with van der Waals surface area (Å²) >= 11 is 5.90. The van der Waals surface area contributed by atoms with Crippen molar-refractivity contribution in [1.82, 2.24) is 15.1 Å². The molecule has 0 aliphatic carbocycles. The Bertz CT molecular complexity index is 625. The first kappa shape index (κ1) is 14.5. The first-order chi connectivity index (χ1) is 9.47. The number of aromatic nitrogens is 2. The van der Waals surface area contributed by atoms with Gasteiger partial charge in [-0.05, 0) is 18.2 Å². The van der Waals surface area contributed by atoms with Crippen molar-refractivity contribution in [3.05, 3.63) is 51.3 Å². The quantitative estimate of drug-likeness (QED) is 0.680. The number of hydrogen-bond donors (Lipinski definition) is 1. The first-order valence-electron chi connectivity index (χ1n) is 6.19. The molecule has 0 aliphatic heterocycles. The van der Waals surface area contributed by atoms with E-state index in [0.717, 1.165) is 5.69 Å². The average molecular weight is 295 g/mol. The monoisotopic (exact) mass is 294 g/mol. The Balaban J connectivity index is 2.32. The standard InChI is InChI=1S/C13H15ClN4O2/c1-9(2)15-8-11-5-6-17(16-11)13-7-10(14)3-4-12(13)18(19)20/h3-7,9,15H,8H2,1-2H3. The topological polar surface area (TPSA) is 73.0 Å². The van der Waals surface area contributed by atoms with Gasteiger partial charge in [0.1, 0.15) is 5.69 Å². The van der Waals surface area contributed by atoms with Gasteiger partial charge in [0.15, 0.2) is 0 Å². The predicted molar refractivity (Wildman–Crippen MR) is 77.2 cm³/mol. The summed E-state index contributed by atoms with van der Waals surface area (Å²) < 4.78 is 1.47. The van der Waals surface area contributed by atoms with E-state index >= 15 is 0 Å². The minimum atomic E-state index is -0.445. The number of nitrogens with zero attached hydrogens (tertiary/aromatic N) is 3. The van der Waals surface area contributed by atoms with Gasteiger partial charge in [-0.2, -0.15) is 5.10 Å². The third kappa shape index (κ3) is 3.34. The van der Waals surface area contributed by atoms with E-state index in [1.165, 1.54) is 22.9 Å². The molecule has 106 valence electrons. The summed E-state index contributed by atoms with van der Waals surface area (Å²) in [5.74, 6) is 0. The van der Waals surface area contributed by atoms with Crippen LogP contribution in [0, 0.1) is 10.1 Å². The molecule has 0 unspecified atom stereocenters. The number of benzene rings is 1. The second kappa shape index (κ2) is 6.02. The Labute approximate surface area is 121 Å². The molecular formula is C13H15ClN4O2. The molecule has 0 bridgehead atoms. The molecule has 0 amide bonds. The van der Waals surface area contributed by atoms with Crippen LogP contribution in [0.1, 0.15) is 19.5 Å². The zero-order valence-corrected chi connectivity index (χ0v) is 12.0. The van der Waals surface area contributed by atoms with E-state index < -0.39 is 4.92 Å². The van der Waals surface area contributed by atoms with Gasteiger partial charge in [-0.1, -0.05) is 25.4 Å². The van der Waals surface area contributed by atoms with E-state index in [2.05, 4.69) is 10.4 Å². The fourth-order valence-corrected chi connectivity index (χ4v) is 1.90. The Hall–Kier alpha value is -1.92. The SMILES string of the molecule is CC(C)NCc1ccn(-c2cc(Cl)ccc2[N+](=O)[O-])n1. The largest absolute Gasteiger partial charge is 0.309 e. The van der Waals surface area contributed by atoms with E-state index in [-0.39, 0.29) is 5.69 Å². The van der Waals surface area contributed by atoms with Gasteiger partial charge in [-0.3, -0.25) is 10.1 Å². The van der Waals surface area contributed by atoms with Crippen molar-refractivity contribution in [3.63, 3.8) is 0 Å². The highest BCUT2D eigenvalue weighted by Gasteiger charge is 2.16. The van der Waals surface area contributed by atoms with Gasteiger partial charge in [0.25, 0.3) is 5.69 Å². The van der Waals surface area contributed by atoms with Crippen molar-refractivity contribution in [2.75, 3.05) is 0 Å². The van der Waals surface area contributed by atoms with Crippen molar-refractivity contribution >= 4 is 17.3 Å². The van der Waals surface area contributed by atoms with Gasteiger partial charge >= 0.3 is 0 Å². The third-order valence-corrected chi connectivity index (χ3v) is 2.95. The highest BCUT2D eigenvalue weighted by atomic mass is 35.5. The van der Waals surface area contributed by atoms with E-state index in [9.17, 15) is 10.1 Å². The van der Waals surface area contributed by atoms with Crippen LogP contribution in [-0.4, -0.2) is 20.7 Å². The van der Waals surface area contributed by atoms with Gasteiger partial charge in [-0.15, -0.1) is 0 Å². The highest BCUT2D eigenvalue weighted by Crippen LogP contribution is 2.25. The van der Waals surface area contributed by atoms with Crippen LogP contribution in [0.15, 0.2) is 30.5 Å². The first-order valence-corrected chi connectivity index (χ1v) is 6.57. The molecule has 0 saturated heterocycles. The van der Waals surface area contributed by atoms with Crippen LogP contribution in [0.3, 0.4) is 0 Å². The van der Waals surface area contributed by atoms with Crippen LogP contribution in [0.5, 0.6) is 0 Å². The molecule has 2 rings (SSSR count). The van der Waals surface area contributed by atoms with Gasteiger partial charge < -0.3 is 5.32 Å². The van der Waals surface area contributed by atoms with Gasteiger partial charge in [0.2, 0.25) is 0 Å². The number of rotatable bonds is 5. The van der Waals surface area contributed by atoms with E-state index in [1.54, 1.807) is 6.20 Å². The minimum absolute atomic E-state index is 0.0270. The second-order valence-corrected chi connectivity index (χ2v) is 5.11. The van der Waals surface area contributed by atoms with Crippen molar-refractivity contribution in [1.29, 1.82) is 0 Å². The van der Waals surface area contributed by atoms with Gasteiger partial charge in [-0.25, -0.2) is 4.68 Å². The van der Waals surface area contributed by atoms with E-state index in [4.69, 9.17) is 11.6 Å². The number of nitrogens with one attached hydrogen (secondary N) is 1. The number of halogens is 1. The normalized spacial score (nSPS) is 11.0. The Morgan fingerprint density at radius 2 is 2.20 bits per heavy atom. The molecule has 1 heterocycles. The lowest BCUT2D eigenvalue weighted by atomic mass is 10.3. The fourth-order valence-electron chi connectivity index (χ4n) is 1.73. The maximum Gasteiger partial charge on any atom is 0.294 e. The van der Waals surface area contributed by atoms with Crippen LogP contribution in [0.2, 0.25) is 5.02 Å². The predicted octanol–water partition coefficient (Wildman–Crippen LogP) is 2.93. The van der Waals surface area contributed by atoms with Crippen molar-refractivity contribution in [3.8, 4) is 5.69 Å². The molecule has 1 aromatic heterocycles. The molecule has 1 N–H and O–H groups in total. The molecule has 0 aliphatic rings. The fraction of sp³-hybridized carbons (Fsp3) is 0.308. The molecular weight excluding hydrogens is 280 g/mol. The average Bonchev–Trinajstić information content (AvgIpc) is 2.84. The summed E-state index contributed by atoms with van der Waals surface area (Å²) in [7, 11) is 0. The van der Waals surface area contributed by atoms with Gasteiger partial charge in [0, 0.05) is 29.9 Å². The second-order valence-electron chi connectivity index (χ2n) is 4.68. The van der Waals surface area contributed by atoms with Crippen molar-refractivity contribution in [2.24, 2.45) is 0 Å². The lowest BCUT2D eigenvalue weighted by Gasteiger charge is -2.06. The number of nitro benzene ring substituents is 1. The summed E-state index contributed by atoms with van der Waals surface area (Å²) in [6, 6.07) is 6.58. The van der Waals surface area contributed by atoms with E-state index in [0.29, 0.717) is 23.3 Å². The Kier molecular flexibility index (Phi) is 4.36. The molecule has 0 saturated carbocycles. The maximum atomic E-state index is 11.0. The Morgan fingerprint density at radius 3 is 2.85 bits per heavy atom. The molecule has 0 fully saturated rings. The lowest BCUT2D eigenvalue weighted by molar-refractivity contribution is -0.384. The smallest absolute Gasteiger partial charge is 0.294 e. The zero-order chi connectivity index (χ0) is 14.7. The molecule has 7 heteroatoms. The number of hydrogen-bond acceptors (Lipinski definition) is 4. The lowest BCUT2D eigenvalue weighted by Crippen LogP contribution is -2.22. The summed E-state index contributed by atoms with van der Waals surface area (Å²) in [4.78, 5) is 10.6. The molecule has 0 radical (unpaired) electrons. The number of nitro groups is 1. The molecule has 1 aromatic carbocycles. The molecule has 6 nitrogen and oxygen atoms in total. The molecule has 2 aromatic rings. The Morgan fingerprint density at radius 1 is 1.45 bits per heavy atom. The summed E-state index contributed by atoms with van der Waals surface area (Å²) in [5, 5.41) is 19.0. The van der Waals surface area contributed by atoms with Crippen LogP contribution in [0.25, 0.3) is 5.69 Å². The van der Waals surface area contributed by atoms with Crippen LogP contribution in [-0.2, 0) is 6.54 Å². The minimum Gasteiger partial charge on any atom is -0.309 e. The maximum absolute atomic E-state index is 11.0. The molecule has 0 spiro atoms. The van der Waals surface area contributed by atoms with Crippen LogP contribution < -0.4 is 5.32 Å². The third-order valence-electron chi connectivity index (χ3n) is 2.72. The van der Waals surface area contributed by atoms with Crippen molar-refractivity contribution in [2.45, 2.75) is 26.4 Å². The van der Waals surface area contributed by atoms with Crippen LogP contribution >= 0.6 is 11.6 Å². The van der Waals surface area contributed by atoms with Gasteiger partial charge in [0.05, 0.1) is 10.6 Å². The van der Waals surface area contributed by atoms with E-state index in [1.807, 2.05) is 19.9 Å². The summed E-state index contributed by atoms with van der Waals surface area (Å²) in [6.45, 7) is 4.69. The zero-order valence-electron chi connectivity index (χ0n) is 11.2.